The molecule has 2 aromatic heterocycles. The highest BCUT2D eigenvalue weighted by Gasteiger charge is 2.45. The largest absolute Gasteiger partial charge is 0.441 e. The van der Waals surface area contributed by atoms with Crippen LogP contribution >= 0.6 is 0 Å². The van der Waals surface area contributed by atoms with Gasteiger partial charge in [0, 0.05) is 22.7 Å². The number of amides is 1. The van der Waals surface area contributed by atoms with Gasteiger partial charge in [0.25, 0.3) is 0 Å². The average Bonchev–Trinajstić information content (AvgIpc) is 3.38. The Morgan fingerprint density at radius 1 is 1.34 bits per heavy atom. The first-order valence-corrected chi connectivity index (χ1v) is 9.64. The van der Waals surface area contributed by atoms with E-state index in [2.05, 4.69) is 9.97 Å². The summed E-state index contributed by atoms with van der Waals surface area (Å²) in [7, 11) is 1.92. The van der Waals surface area contributed by atoms with E-state index in [1.807, 2.05) is 36.3 Å². The molecule has 7 heteroatoms. The van der Waals surface area contributed by atoms with Crippen LogP contribution in [-0.2, 0) is 11.2 Å². The van der Waals surface area contributed by atoms with Crippen LogP contribution in [0.25, 0.3) is 33.1 Å². The second-order valence-corrected chi connectivity index (χ2v) is 7.78. The second-order valence-electron chi connectivity index (χ2n) is 7.78. The Morgan fingerprint density at radius 2 is 2.21 bits per heavy atom. The zero-order chi connectivity index (χ0) is 20.2. The highest BCUT2D eigenvalue weighted by Crippen LogP contribution is 2.34. The molecule has 0 radical (unpaired) electrons. The van der Waals surface area contributed by atoms with Crippen molar-refractivity contribution in [3.63, 3.8) is 0 Å². The summed E-state index contributed by atoms with van der Waals surface area (Å²) in [5.41, 5.74) is 9.02. The molecular weight excluding hydrogens is 371 g/mol. The summed E-state index contributed by atoms with van der Waals surface area (Å²) in [6.07, 6.45) is 3.84. The lowest BCUT2D eigenvalue weighted by Gasteiger charge is -2.31. The van der Waals surface area contributed by atoms with Crippen LogP contribution in [0.2, 0.25) is 0 Å². The average molecular weight is 392 g/mol. The maximum atomic E-state index is 13.5. The van der Waals surface area contributed by atoms with E-state index in [0.29, 0.717) is 24.3 Å². The van der Waals surface area contributed by atoms with E-state index in [0.717, 1.165) is 40.5 Å². The van der Waals surface area contributed by atoms with Gasteiger partial charge in [0.2, 0.25) is 5.91 Å². The Kier molecular flexibility index (Phi) is 3.96. The van der Waals surface area contributed by atoms with Gasteiger partial charge in [-0.25, -0.2) is 9.37 Å². The van der Waals surface area contributed by atoms with E-state index >= 15 is 0 Å². The minimum Gasteiger partial charge on any atom is -0.441 e. The van der Waals surface area contributed by atoms with Gasteiger partial charge in [-0.1, -0.05) is 6.07 Å². The summed E-state index contributed by atoms with van der Waals surface area (Å²) < 4.78 is 19.5. The number of benzene rings is 2. The number of halogens is 1. The van der Waals surface area contributed by atoms with Crippen molar-refractivity contribution >= 4 is 27.9 Å². The van der Waals surface area contributed by atoms with Crippen molar-refractivity contribution in [2.75, 3.05) is 13.6 Å². The number of aromatic amines is 1. The first kappa shape index (κ1) is 17.9. The maximum Gasteiger partial charge on any atom is 0.238 e. The van der Waals surface area contributed by atoms with Crippen LogP contribution in [-0.4, -0.2) is 39.9 Å². The van der Waals surface area contributed by atoms with Crippen LogP contribution in [0.15, 0.2) is 47.0 Å². The molecule has 0 bridgehead atoms. The van der Waals surface area contributed by atoms with Crippen molar-refractivity contribution in [3.05, 3.63) is 54.3 Å². The molecule has 1 aliphatic rings. The number of oxazole rings is 1. The lowest BCUT2D eigenvalue weighted by Crippen LogP contribution is -2.53. The number of fused-ring (bicyclic) bond motifs is 2. The summed E-state index contributed by atoms with van der Waals surface area (Å²) in [5.74, 6) is -0.112. The van der Waals surface area contributed by atoms with E-state index < -0.39 is 5.54 Å². The van der Waals surface area contributed by atoms with Crippen LogP contribution in [0.5, 0.6) is 0 Å². The predicted octanol–water partition coefficient (Wildman–Crippen LogP) is 3.61. The number of carbonyl (C=O) groups is 1. The van der Waals surface area contributed by atoms with Crippen molar-refractivity contribution in [1.29, 1.82) is 0 Å². The summed E-state index contributed by atoms with van der Waals surface area (Å²) in [5, 5.41) is 0.936. The number of hydrogen-bond acceptors (Lipinski definition) is 4. The van der Waals surface area contributed by atoms with Crippen molar-refractivity contribution in [2.24, 2.45) is 5.73 Å². The van der Waals surface area contributed by atoms with Gasteiger partial charge in [-0.05, 0) is 62.3 Å². The third-order valence-electron chi connectivity index (χ3n) is 6.10. The quantitative estimate of drug-likeness (QED) is 0.555. The van der Waals surface area contributed by atoms with Crippen molar-refractivity contribution in [2.45, 2.75) is 24.8 Å². The number of nitrogens with one attached hydrogen (secondary N) is 1. The number of carbonyl (C=O) groups excluding carboxylic acids is 1. The first-order valence-electron chi connectivity index (χ1n) is 9.64. The van der Waals surface area contributed by atoms with E-state index in [9.17, 15) is 9.18 Å². The number of likely N-dealkylation sites (N-methyl/N-ethyl adjacent to an activating group) is 1. The molecule has 29 heavy (non-hydrogen) atoms. The van der Waals surface area contributed by atoms with Gasteiger partial charge in [-0.3, -0.25) is 9.69 Å². The Hall–Kier alpha value is -3.19. The van der Waals surface area contributed by atoms with Crippen molar-refractivity contribution in [3.8, 4) is 11.1 Å². The first-order chi connectivity index (χ1) is 14.0. The Bertz CT molecular complexity index is 1240. The molecule has 2 aromatic carbocycles. The minimum atomic E-state index is -0.745. The molecule has 6 nitrogen and oxygen atoms in total. The number of nitrogens with zero attached hydrogens (tertiary/aromatic N) is 2. The monoisotopic (exact) mass is 392 g/mol. The zero-order valence-electron chi connectivity index (χ0n) is 16.0. The fourth-order valence-electron chi connectivity index (χ4n) is 4.44. The highest BCUT2D eigenvalue weighted by molar-refractivity contribution is 5.97. The van der Waals surface area contributed by atoms with Crippen LogP contribution in [0.3, 0.4) is 0 Å². The number of likely N-dealkylation sites (tertiary alicyclic amines) is 1. The number of H-pyrrole nitrogens is 1. The van der Waals surface area contributed by atoms with Crippen LogP contribution in [0.1, 0.15) is 18.7 Å². The molecule has 5 rings (SSSR count). The molecule has 3 heterocycles. The number of primary amides is 1. The fraction of sp³-hybridized carbons (Fsp3) is 0.273. The Balaban J connectivity index is 1.53. The van der Waals surface area contributed by atoms with Crippen molar-refractivity contribution in [1.82, 2.24) is 14.9 Å². The molecule has 1 atom stereocenters. The highest BCUT2D eigenvalue weighted by atomic mass is 19.1. The molecule has 3 N–H and O–H groups in total. The fourth-order valence-corrected chi connectivity index (χ4v) is 4.44. The minimum absolute atomic E-state index is 0.276. The molecule has 4 aromatic rings. The standard InChI is InChI=1S/C22H21FN4O2/c1-27-8-2-7-22(27,21(24)28)11-20-26-17-6-3-13(9-19(17)29-20)16-12-25-18-10-14(23)4-5-15(16)18/h3-6,9-10,12,25H,2,7-8,11H2,1H3,(H2,24,28)/t22-/m0/s1. The van der Waals surface area contributed by atoms with E-state index in [1.54, 1.807) is 6.07 Å². The normalized spacial score (nSPS) is 20.1. The SMILES string of the molecule is CN1CCC[C@]1(Cc1nc2ccc(-c3c[nH]c4cc(F)ccc34)cc2o1)C(N)=O. The van der Waals surface area contributed by atoms with Crippen molar-refractivity contribution < 1.29 is 13.6 Å². The van der Waals surface area contributed by atoms with Gasteiger partial charge in [-0.2, -0.15) is 0 Å². The number of hydrogen-bond donors (Lipinski definition) is 2. The molecular formula is C22H21FN4O2. The number of nitrogens with two attached hydrogens (primary N) is 1. The molecule has 1 fully saturated rings. The van der Waals surface area contributed by atoms with Gasteiger partial charge in [0.05, 0.1) is 6.42 Å². The number of rotatable bonds is 4. The van der Waals surface area contributed by atoms with Gasteiger partial charge in [0.1, 0.15) is 16.9 Å². The number of aromatic nitrogens is 2. The van der Waals surface area contributed by atoms with E-state index in [4.69, 9.17) is 10.2 Å². The summed E-state index contributed by atoms with van der Waals surface area (Å²) in [6.45, 7) is 0.828. The zero-order valence-corrected chi connectivity index (χ0v) is 16.0. The summed E-state index contributed by atoms with van der Waals surface area (Å²) in [6, 6.07) is 10.5. The second kappa shape index (κ2) is 6.42. The lowest BCUT2D eigenvalue weighted by atomic mass is 9.91. The third-order valence-corrected chi connectivity index (χ3v) is 6.10. The molecule has 0 spiro atoms. The van der Waals surface area contributed by atoms with Crippen LogP contribution < -0.4 is 5.73 Å². The lowest BCUT2D eigenvalue weighted by molar-refractivity contribution is -0.128. The molecule has 148 valence electrons. The molecule has 1 saturated heterocycles. The van der Waals surface area contributed by atoms with Crippen LogP contribution in [0.4, 0.5) is 4.39 Å². The van der Waals surface area contributed by atoms with Gasteiger partial charge < -0.3 is 15.1 Å². The smallest absolute Gasteiger partial charge is 0.238 e. The summed E-state index contributed by atoms with van der Waals surface area (Å²) >= 11 is 0. The van der Waals surface area contributed by atoms with Gasteiger partial charge in [0.15, 0.2) is 11.5 Å². The molecule has 0 saturated carbocycles. The molecule has 1 amide bonds. The predicted molar refractivity (Wildman–Crippen MR) is 109 cm³/mol. The van der Waals surface area contributed by atoms with Gasteiger partial charge in [-0.15, -0.1) is 0 Å². The Labute approximate surface area is 166 Å². The summed E-state index contributed by atoms with van der Waals surface area (Å²) in [4.78, 5) is 21.9. The molecule has 0 unspecified atom stereocenters. The molecule has 0 aliphatic carbocycles. The topological polar surface area (TPSA) is 88.2 Å². The Morgan fingerprint density at radius 3 is 2.97 bits per heavy atom. The third kappa shape index (κ3) is 2.81. The van der Waals surface area contributed by atoms with E-state index in [1.165, 1.54) is 12.1 Å². The van der Waals surface area contributed by atoms with Gasteiger partial charge >= 0.3 is 0 Å². The molecule has 1 aliphatic heterocycles. The maximum absolute atomic E-state index is 13.5. The van der Waals surface area contributed by atoms with E-state index in [-0.39, 0.29) is 11.7 Å². The van der Waals surface area contributed by atoms with Crippen LogP contribution in [0, 0.1) is 5.82 Å².